The van der Waals surface area contributed by atoms with Gasteiger partial charge < -0.3 is 0 Å². The first-order valence-corrected chi connectivity index (χ1v) is 9.82. The molecule has 0 amide bonds. The molecular weight excluding hydrogens is 264 g/mol. The second-order valence-corrected chi connectivity index (χ2v) is 9.49. The molecule has 0 radical (unpaired) electrons. The van der Waals surface area contributed by atoms with Gasteiger partial charge >= 0.3 is 0 Å². The summed E-state index contributed by atoms with van der Waals surface area (Å²) in [4.78, 5) is 0. The molecule has 0 aliphatic heterocycles. The van der Waals surface area contributed by atoms with Crippen LogP contribution in [0.4, 0.5) is 0 Å². The van der Waals surface area contributed by atoms with E-state index < -0.39 is 0 Å². The smallest absolute Gasteiger partial charge is 0.00853 e. The zero-order chi connectivity index (χ0) is 15.5. The lowest BCUT2D eigenvalue weighted by Gasteiger charge is -2.57. The number of rotatable bonds is 1. The molecule has 0 aromatic heterocycles. The fraction of sp³-hybridized carbons (Fsp3) is 0.818. The van der Waals surface area contributed by atoms with Crippen LogP contribution in [0.25, 0.3) is 0 Å². The lowest BCUT2D eigenvalue weighted by molar-refractivity contribution is -0.0359. The summed E-state index contributed by atoms with van der Waals surface area (Å²) >= 11 is 0. The maximum Gasteiger partial charge on any atom is -0.00853 e. The first-order chi connectivity index (χ1) is 10.5. The van der Waals surface area contributed by atoms with Crippen molar-refractivity contribution < 1.29 is 0 Å². The van der Waals surface area contributed by atoms with Crippen LogP contribution in [0.1, 0.15) is 78.6 Å². The summed E-state index contributed by atoms with van der Waals surface area (Å²) in [6, 6.07) is 0. The molecule has 0 aromatic rings. The van der Waals surface area contributed by atoms with Crippen molar-refractivity contribution >= 4 is 0 Å². The van der Waals surface area contributed by atoms with Crippen molar-refractivity contribution in [1.29, 1.82) is 0 Å². The lowest BCUT2D eigenvalue weighted by atomic mass is 9.47. The summed E-state index contributed by atoms with van der Waals surface area (Å²) in [6.45, 7) is 11.9. The molecule has 0 aromatic carbocycles. The lowest BCUT2D eigenvalue weighted by Crippen LogP contribution is -2.49. The molecule has 0 saturated heterocycles. The standard InChI is InChI=1S/C22H34/c1-15(2)18-10-11-19-17-9-8-16-7-5-6-13-21(16,3)20(17)12-14-22(18,19)4/h8,17-20H,1,5-7,9-14H2,2-4H3/t17?,18-,19?,20?,21+,22-/m1/s1. The third-order valence-electron chi connectivity index (χ3n) is 8.61. The van der Waals surface area contributed by atoms with E-state index in [0.717, 1.165) is 23.7 Å². The SMILES string of the molecule is C=C(C)[C@H]1CCC2C3CC=C4CCCC[C@]4(C)C3CC[C@@]21C. The molecular formula is C22H34. The summed E-state index contributed by atoms with van der Waals surface area (Å²) in [5.74, 6) is 3.71. The molecule has 0 N–H and O–H groups in total. The Balaban J connectivity index is 1.68. The van der Waals surface area contributed by atoms with Crippen LogP contribution in [-0.4, -0.2) is 0 Å². The normalized spacial score (nSPS) is 50.6. The molecule has 0 bridgehead atoms. The van der Waals surface area contributed by atoms with Gasteiger partial charge in [-0.3, -0.25) is 0 Å². The average molecular weight is 299 g/mol. The second-order valence-electron chi connectivity index (χ2n) is 9.49. The van der Waals surface area contributed by atoms with E-state index in [1.165, 1.54) is 63.4 Å². The number of hydrogen-bond acceptors (Lipinski definition) is 0. The van der Waals surface area contributed by atoms with Gasteiger partial charge in [0.05, 0.1) is 0 Å². The molecule has 4 aliphatic carbocycles. The fourth-order valence-corrected chi connectivity index (χ4v) is 7.51. The van der Waals surface area contributed by atoms with Crippen LogP contribution in [0.2, 0.25) is 0 Å². The van der Waals surface area contributed by atoms with E-state index >= 15 is 0 Å². The minimum Gasteiger partial charge on any atom is -0.0998 e. The van der Waals surface area contributed by atoms with Crippen LogP contribution in [0.15, 0.2) is 23.8 Å². The summed E-state index contributed by atoms with van der Waals surface area (Å²) in [6.07, 6.45) is 15.7. The van der Waals surface area contributed by atoms with E-state index in [0.29, 0.717) is 10.8 Å². The van der Waals surface area contributed by atoms with Crippen LogP contribution in [0, 0.1) is 34.5 Å². The highest BCUT2D eigenvalue weighted by Gasteiger charge is 2.58. The zero-order valence-corrected chi connectivity index (χ0v) is 15.0. The molecule has 4 aliphatic rings. The maximum atomic E-state index is 4.34. The molecule has 0 heterocycles. The largest absolute Gasteiger partial charge is 0.0998 e. The van der Waals surface area contributed by atoms with Crippen molar-refractivity contribution in [2.45, 2.75) is 78.6 Å². The van der Waals surface area contributed by atoms with Crippen molar-refractivity contribution in [2.75, 3.05) is 0 Å². The number of fused-ring (bicyclic) bond motifs is 5. The van der Waals surface area contributed by atoms with E-state index in [1.54, 1.807) is 0 Å². The van der Waals surface area contributed by atoms with Crippen molar-refractivity contribution in [3.8, 4) is 0 Å². The third kappa shape index (κ3) is 1.88. The predicted octanol–water partition coefficient (Wildman–Crippen LogP) is 6.53. The van der Waals surface area contributed by atoms with E-state index in [4.69, 9.17) is 0 Å². The van der Waals surface area contributed by atoms with Gasteiger partial charge in [0.25, 0.3) is 0 Å². The maximum absolute atomic E-state index is 4.34. The molecule has 4 rings (SSSR count). The first kappa shape index (κ1) is 15.0. The summed E-state index contributed by atoms with van der Waals surface area (Å²) < 4.78 is 0. The second kappa shape index (κ2) is 4.99. The summed E-state index contributed by atoms with van der Waals surface area (Å²) in [5.41, 5.74) is 4.42. The molecule has 0 spiro atoms. The number of allylic oxidation sites excluding steroid dienone is 3. The van der Waals surface area contributed by atoms with E-state index in [9.17, 15) is 0 Å². The van der Waals surface area contributed by atoms with Gasteiger partial charge in [0.15, 0.2) is 0 Å². The monoisotopic (exact) mass is 298 g/mol. The number of hydrogen-bond donors (Lipinski definition) is 0. The van der Waals surface area contributed by atoms with Crippen LogP contribution < -0.4 is 0 Å². The van der Waals surface area contributed by atoms with Crippen LogP contribution >= 0.6 is 0 Å². The molecule has 3 fully saturated rings. The molecule has 122 valence electrons. The van der Waals surface area contributed by atoms with Crippen LogP contribution in [-0.2, 0) is 0 Å². The summed E-state index contributed by atoms with van der Waals surface area (Å²) in [7, 11) is 0. The highest BCUT2D eigenvalue weighted by atomic mass is 14.6. The van der Waals surface area contributed by atoms with Gasteiger partial charge in [-0.15, -0.1) is 0 Å². The van der Waals surface area contributed by atoms with E-state index in [-0.39, 0.29) is 0 Å². The highest BCUT2D eigenvalue weighted by molar-refractivity contribution is 5.25. The van der Waals surface area contributed by atoms with Gasteiger partial charge in [-0.25, -0.2) is 0 Å². The van der Waals surface area contributed by atoms with Crippen LogP contribution in [0.5, 0.6) is 0 Å². The Kier molecular flexibility index (Phi) is 3.41. The van der Waals surface area contributed by atoms with Crippen molar-refractivity contribution in [3.05, 3.63) is 23.8 Å². The Morgan fingerprint density at radius 3 is 2.68 bits per heavy atom. The Morgan fingerprint density at radius 2 is 1.91 bits per heavy atom. The molecule has 0 nitrogen and oxygen atoms in total. The minimum atomic E-state index is 0.559. The Hall–Kier alpha value is -0.520. The Bertz CT molecular complexity index is 512. The fourth-order valence-electron chi connectivity index (χ4n) is 7.51. The van der Waals surface area contributed by atoms with Crippen molar-refractivity contribution in [2.24, 2.45) is 34.5 Å². The molecule has 3 unspecified atom stereocenters. The minimum absolute atomic E-state index is 0.559. The molecule has 22 heavy (non-hydrogen) atoms. The Labute approximate surface area is 137 Å². The Morgan fingerprint density at radius 1 is 1.09 bits per heavy atom. The van der Waals surface area contributed by atoms with E-state index in [2.05, 4.69) is 33.4 Å². The molecule has 0 heteroatoms. The highest BCUT2D eigenvalue weighted by Crippen LogP contribution is 2.66. The van der Waals surface area contributed by atoms with Gasteiger partial charge in [0, 0.05) is 0 Å². The first-order valence-electron chi connectivity index (χ1n) is 9.82. The van der Waals surface area contributed by atoms with Gasteiger partial charge in [-0.1, -0.05) is 44.1 Å². The zero-order valence-electron chi connectivity index (χ0n) is 15.0. The molecule has 3 saturated carbocycles. The quantitative estimate of drug-likeness (QED) is 0.483. The average Bonchev–Trinajstić information content (AvgIpc) is 2.84. The van der Waals surface area contributed by atoms with Gasteiger partial charge in [-0.2, -0.15) is 0 Å². The van der Waals surface area contributed by atoms with Crippen LogP contribution in [0.3, 0.4) is 0 Å². The third-order valence-corrected chi connectivity index (χ3v) is 8.61. The topological polar surface area (TPSA) is 0 Å². The molecule has 6 atom stereocenters. The van der Waals surface area contributed by atoms with Crippen molar-refractivity contribution in [3.63, 3.8) is 0 Å². The summed E-state index contributed by atoms with van der Waals surface area (Å²) in [5, 5.41) is 0. The van der Waals surface area contributed by atoms with Gasteiger partial charge in [0.2, 0.25) is 0 Å². The van der Waals surface area contributed by atoms with Crippen molar-refractivity contribution in [1.82, 2.24) is 0 Å². The van der Waals surface area contributed by atoms with E-state index in [1.807, 2.05) is 5.57 Å². The van der Waals surface area contributed by atoms with Gasteiger partial charge in [0.1, 0.15) is 0 Å². The van der Waals surface area contributed by atoms with Gasteiger partial charge in [-0.05, 0) is 92.8 Å². The predicted molar refractivity (Wildman–Crippen MR) is 94.6 cm³/mol.